The lowest BCUT2D eigenvalue weighted by molar-refractivity contribution is -0.155. The molecule has 4 atom stereocenters. The molecule has 63 heavy (non-hydrogen) atoms. The summed E-state index contributed by atoms with van der Waals surface area (Å²) >= 11 is 0. The summed E-state index contributed by atoms with van der Waals surface area (Å²) in [6.45, 7) is 14.7. The Morgan fingerprint density at radius 2 is 1.83 bits per heavy atom. The molecule has 1 unspecified atom stereocenters. The van der Waals surface area contributed by atoms with Gasteiger partial charge in [0.05, 0.1) is 24.1 Å². The smallest absolute Gasteiger partial charge is 0.324 e. The molecule has 2 saturated heterocycles. The number of carbonyl (C=O) groups is 4. The van der Waals surface area contributed by atoms with Crippen LogP contribution >= 0.6 is 0 Å². The maximum atomic E-state index is 14.7. The summed E-state index contributed by atoms with van der Waals surface area (Å²) in [6, 6.07) is 12.9. The minimum atomic E-state index is -1.10. The first-order valence-corrected chi connectivity index (χ1v) is 22.6. The molecule has 0 radical (unpaired) electrons. The summed E-state index contributed by atoms with van der Waals surface area (Å²) in [5, 5.41) is 20.1. The fourth-order valence-electron chi connectivity index (χ4n) is 9.74. The average molecular weight is 864 g/mol. The van der Waals surface area contributed by atoms with Crippen molar-refractivity contribution in [2.45, 2.75) is 111 Å². The number of methoxy groups -OCH3 is 1. The molecule has 14 nitrogen and oxygen atoms in total. The molecule has 0 spiro atoms. The van der Waals surface area contributed by atoms with Crippen molar-refractivity contribution in [2.75, 3.05) is 40.4 Å². The maximum Gasteiger partial charge on any atom is 0.324 e. The van der Waals surface area contributed by atoms with E-state index >= 15 is 0 Å². The van der Waals surface area contributed by atoms with Crippen LogP contribution < -0.4 is 16.1 Å². The summed E-state index contributed by atoms with van der Waals surface area (Å²) in [5.74, 6) is -1.86. The molecule has 5 heterocycles. The second-order valence-electron chi connectivity index (χ2n) is 18.7. The number of hydrazine groups is 1. The van der Waals surface area contributed by atoms with Gasteiger partial charge in [0.15, 0.2) is 0 Å². The number of ether oxygens (including phenoxy) is 2. The molecule has 2 fully saturated rings. The van der Waals surface area contributed by atoms with Gasteiger partial charge in [0, 0.05) is 67.7 Å². The number of nitrogens with one attached hydrogen (secondary N) is 3. The molecule has 0 aliphatic carbocycles. The zero-order valence-electron chi connectivity index (χ0n) is 38.1. The van der Waals surface area contributed by atoms with Crippen LogP contribution in [0.2, 0.25) is 0 Å². The number of piperidine rings is 1. The Kier molecular flexibility index (Phi) is 13.9. The number of carbonyl (C=O) groups excluding carboxylic acids is 4. The predicted molar refractivity (Wildman–Crippen MR) is 242 cm³/mol. The third-order valence-electron chi connectivity index (χ3n) is 13.0. The zero-order valence-corrected chi connectivity index (χ0v) is 38.1. The molecule has 3 aliphatic rings. The first kappa shape index (κ1) is 45.7. The molecule has 2 aromatic carbocycles. The van der Waals surface area contributed by atoms with E-state index < -0.39 is 41.3 Å². The molecule has 14 heteroatoms. The second kappa shape index (κ2) is 19.2. The molecule has 338 valence electrons. The number of likely N-dealkylation sites (N-methyl/N-ethyl adjacent to an activating group) is 1. The molecule has 2 aromatic heterocycles. The van der Waals surface area contributed by atoms with E-state index in [2.05, 4.69) is 59.6 Å². The average Bonchev–Trinajstić information content (AvgIpc) is 3.58. The fourth-order valence-corrected chi connectivity index (χ4v) is 9.74. The van der Waals surface area contributed by atoms with Crippen LogP contribution in [-0.4, -0.2) is 107 Å². The number of phenols is 1. The second-order valence-corrected chi connectivity index (χ2v) is 18.7. The number of hydrogen-bond acceptors (Lipinski definition) is 10. The van der Waals surface area contributed by atoms with Crippen LogP contribution in [0.3, 0.4) is 0 Å². The van der Waals surface area contributed by atoms with Crippen LogP contribution in [0.1, 0.15) is 90.2 Å². The Balaban J connectivity index is 1.34. The highest BCUT2D eigenvalue weighted by Crippen LogP contribution is 2.42. The minimum Gasteiger partial charge on any atom is -0.508 e. The number of esters is 1. The number of nitrogens with zero attached hydrogens (tertiary/aromatic N) is 4. The first-order valence-electron chi connectivity index (χ1n) is 22.6. The van der Waals surface area contributed by atoms with Crippen molar-refractivity contribution in [3.05, 3.63) is 71.5 Å². The van der Waals surface area contributed by atoms with Gasteiger partial charge >= 0.3 is 5.97 Å². The Morgan fingerprint density at radius 3 is 2.54 bits per heavy atom. The SMILES string of the molecule is CCn1c(-c2cccnc2[C@H](C)OC)c2c3cc(ccc31)-c1cc(O)cc(c1)C[C@H](NC(=O)C(C(C)C)N(C)C(=O)C1CCNCC1)C(=O)N1CCC[C@H](N1)C(=O)OCC(C)(C)C2. The lowest BCUT2D eigenvalue weighted by Gasteiger charge is -2.37. The van der Waals surface area contributed by atoms with Crippen LogP contribution in [0.25, 0.3) is 33.3 Å². The van der Waals surface area contributed by atoms with E-state index in [-0.39, 0.29) is 42.6 Å². The molecule has 3 amide bonds. The van der Waals surface area contributed by atoms with Gasteiger partial charge in [-0.25, -0.2) is 5.43 Å². The van der Waals surface area contributed by atoms with E-state index in [0.29, 0.717) is 50.8 Å². The van der Waals surface area contributed by atoms with Crippen molar-refractivity contribution in [2.24, 2.45) is 17.3 Å². The summed E-state index contributed by atoms with van der Waals surface area (Å²) in [7, 11) is 3.35. The number of phenolic OH excluding ortho intramolecular Hbond substituents is 1. The Morgan fingerprint density at radius 1 is 1.06 bits per heavy atom. The van der Waals surface area contributed by atoms with Crippen LogP contribution in [0.4, 0.5) is 0 Å². The summed E-state index contributed by atoms with van der Waals surface area (Å²) in [5.41, 5.74) is 9.74. The monoisotopic (exact) mass is 863 g/mol. The lowest BCUT2D eigenvalue weighted by Crippen LogP contribution is -2.62. The highest BCUT2D eigenvalue weighted by atomic mass is 16.5. The van der Waals surface area contributed by atoms with Crippen molar-refractivity contribution in [3.8, 4) is 28.1 Å². The van der Waals surface area contributed by atoms with Crippen molar-refractivity contribution >= 4 is 34.6 Å². The Bertz CT molecular complexity index is 2330. The Hall–Kier alpha value is -5.31. The van der Waals surface area contributed by atoms with E-state index in [1.807, 2.05) is 39.0 Å². The van der Waals surface area contributed by atoms with Crippen molar-refractivity contribution in [1.29, 1.82) is 0 Å². The molecular formula is C49H65N7O7. The third-order valence-corrected chi connectivity index (χ3v) is 13.0. The van der Waals surface area contributed by atoms with Crippen LogP contribution in [0.5, 0.6) is 5.75 Å². The highest BCUT2D eigenvalue weighted by Gasteiger charge is 2.39. The minimum absolute atomic E-state index is 0.0162. The number of aromatic nitrogens is 2. The number of amides is 3. The number of aromatic hydroxyl groups is 1. The number of rotatable bonds is 9. The Labute approximate surface area is 371 Å². The quantitative estimate of drug-likeness (QED) is 0.148. The molecule has 4 aromatic rings. The van der Waals surface area contributed by atoms with Crippen molar-refractivity contribution in [1.82, 2.24) is 35.5 Å². The number of fused-ring (bicyclic) bond motifs is 6. The van der Waals surface area contributed by atoms with E-state index in [0.717, 1.165) is 57.6 Å². The molecule has 4 N–H and O–H groups in total. The predicted octanol–water partition coefficient (Wildman–Crippen LogP) is 5.93. The van der Waals surface area contributed by atoms with Gasteiger partial charge in [-0.2, -0.15) is 0 Å². The summed E-state index contributed by atoms with van der Waals surface area (Å²) in [6.07, 6.45) is 4.49. The van der Waals surface area contributed by atoms with Gasteiger partial charge in [-0.05, 0) is 124 Å². The van der Waals surface area contributed by atoms with Gasteiger partial charge in [0.1, 0.15) is 23.9 Å². The van der Waals surface area contributed by atoms with Gasteiger partial charge in [-0.15, -0.1) is 0 Å². The summed E-state index contributed by atoms with van der Waals surface area (Å²) < 4.78 is 14.2. The van der Waals surface area contributed by atoms with E-state index in [9.17, 15) is 24.3 Å². The first-order chi connectivity index (χ1) is 30.1. The van der Waals surface area contributed by atoms with E-state index in [1.165, 1.54) is 9.91 Å². The van der Waals surface area contributed by atoms with Gasteiger partial charge in [-0.3, -0.25) is 29.2 Å². The maximum absolute atomic E-state index is 14.7. The highest BCUT2D eigenvalue weighted by molar-refractivity contribution is 5.96. The van der Waals surface area contributed by atoms with Gasteiger partial charge in [-0.1, -0.05) is 39.8 Å². The molecule has 6 bridgehead atoms. The fraction of sp³-hybridized carbons (Fsp3) is 0.531. The van der Waals surface area contributed by atoms with Crippen molar-refractivity contribution in [3.63, 3.8) is 0 Å². The number of benzene rings is 2. The van der Waals surface area contributed by atoms with E-state index in [4.69, 9.17) is 14.5 Å². The number of pyridine rings is 1. The van der Waals surface area contributed by atoms with Crippen molar-refractivity contribution < 1.29 is 33.8 Å². The summed E-state index contributed by atoms with van der Waals surface area (Å²) in [4.78, 5) is 63.0. The van der Waals surface area contributed by atoms with Crippen LogP contribution in [0.15, 0.2) is 54.7 Å². The van der Waals surface area contributed by atoms with E-state index in [1.54, 1.807) is 32.5 Å². The van der Waals surface area contributed by atoms with Crippen LogP contribution in [-0.2, 0) is 48.0 Å². The number of aryl methyl sites for hydroxylation is 1. The topological polar surface area (TPSA) is 167 Å². The molecular weight excluding hydrogens is 799 g/mol. The number of hydrogen-bond donors (Lipinski definition) is 4. The van der Waals surface area contributed by atoms with Gasteiger partial charge in [0.25, 0.3) is 5.91 Å². The zero-order chi connectivity index (χ0) is 45.2. The molecule has 7 rings (SSSR count). The van der Waals surface area contributed by atoms with Gasteiger partial charge in [0.2, 0.25) is 11.8 Å². The third kappa shape index (κ3) is 9.78. The normalized spacial score (nSPS) is 20.8. The van der Waals surface area contributed by atoms with Gasteiger partial charge < -0.3 is 34.7 Å². The molecule has 3 aliphatic heterocycles. The standard InChI is InChI=1S/C49H65N7O7/c1-9-55-41-15-14-33-26-37(41)38(44(55)36-12-10-18-51-42(36)30(4)62-8)27-49(5,6)28-63-48(61)39-13-11-21-56(53-39)47(60)40(24-31-22-34(33)25-35(57)23-31)52-45(58)43(29(2)3)54(7)46(59)32-16-19-50-20-17-32/h10,12,14-15,18,22-23,25-26,29-30,32,39-40,43,50,53,57H,9,11,13,16-17,19-21,24,27-28H2,1-8H3,(H,52,58)/t30-,39-,40-,43?/m0/s1. The molecule has 0 saturated carbocycles. The number of cyclic esters (lactones) is 1. The lowest BCUT2D eigenvalue weighted by atomic mass is 9.84. The largest absolute Gasteiger partial charge is 0.508 e. The van der Waals surface area contributed by atoms with Crippen LogP contribution in [0, 0.1) is 17.3 Å².